The van der Waals surface area contributed by atoms with Gasteiger partial charge in [0.1, 0.15) is 0 Å². The van der Waals surface area contributed by atoms with Crippen molar-refractivity contribution in [2.75, 3.05) is 19.0 Å². The fourth-order valence-corrected chi connectivity index (χ4v) is 3.81. The molecule has 6 heteroatoms. The Morgan fingerprint density at radius 2 is 1.79 bits per heavy atom. The molecule has 2 aromatic carbocycles. The third-order valence-electron chi connectivity index (χ3n) is 4.47. The molecule has 144 valence electrons. The van der Waals surface area contributed by atoms with E-state index in [0.29, 0.717) is 5.56 Å². The summed E-state index contributed by atoms with van der Waals surface area (Å²) in [6, 6.07) is 17.6. The van der Waals surface area contributed by atoms with Crippen LogP contribution >= 0.6 is 15.9 Å². The zero-order chi connectivity index (χ0) is 20.3. The lowest BCUT2D eigenvalue weighted by molar-refractivity contribution is 0.0955. The number of rotatable bonds is 5. The Morgan fingerprint density at radius 1 is 1.07 bits per heavy atom. The minimum atomic E-state index is -0.246. The van der Waals surface area contributed by atoms with Gasteiger partial charge < -0.3 is 9.47 Å². The van der Waals surface area contributed by atoms with Crippen LogP contribution in [-0.4, -0.2) is 30.8 Å². The van der Waals surface area contributed by atoms with Gasteiger partial charge in [-0.05, 0) is 77.8 Å². The third-order valence-corrected chi connectivity index (χ3v) is 5.11. The summed E-state index contributed by atoms with van der Waals surface area (Å²) in [6.07, 6.45) is 1.63. The van der Waals surface area contributed by atoms with Crippen LogP contribution in [0.25, 0.3) is 5.69 Å². The van der Waals surface area contributed by atoms with Gasteiger partial charge in [0.05, 0.1) is 11.9 Å². The lowest BCUT2D eigenvalue weighted by atomic mass is 10.2. The highest BCUT2D eigenvalue weighted by Crippen LogP contribution is 2.25. The number of hydrazone groups is 1. The van der Waals surface area contributed by atoms with Crippen LogP contribution in [0.3, 0.4) is 0 Å². The molecule has 0 unspecified atom stereocenters. The SMILES string of the molecule is Cc1ccc(C)n1-c1cccc(C(=O)NN=Cc2ccc(N(C)C)c(Br)c2)c1. The fraction of sp³-hybridized carbons (Fsp3) is 0.182. The van der Waals surface area contributed by atoms with Crippen molar-refractivity contribution in [3.8, 4) is 5.69 Å². The maximum atomic E-state index is 12.5. The molecule has 0 spiro atoms. The Morgan fingerprint density at radius 3 is 2.43 bits per heavy atom. The number of amides is 1. The minimum absolute atomic E-state index is 0.246. The van der Waals surface area contributed by atoms with Crippen LogP contribution in [0.2, 0.25) is 0 Å². The minimum Gasteiger partial charge on any atom is -0.377 e. The topological polar surface area (TPSA) is 49.6 Å². The van der Waals surface area contributed by atoms with Gasteiger partial charge in [-0.15, -0.1) is 0 Å². The molecule has 0 radical (unpaired) electrons. The molecule has 0 aliphatic carbocycles. The van der Waals surface area contributed by atoms with Crippen LogP contribution in [0.15, 0.2) is 64.2 Å². The van der Waals surface area contributed by atoms with Gasteiger partial charge in [0, 0.05) is 41.2 Å². The summed E-state index contributed by atoms with van der Waals surface area (Å²) >= 11 is 3.55. The van der Waals surface area contributed by atoms with E-state index in [1.54, 1.807) is 12.3 Å². The first-order valence-corrected chi connectivity index (χ1v) is 9.72. The zero-order valence-electron chi connectivity index (χ0n) is 16.4. The number of carbonyl (C=O) groups is 1. The summed E-state index contributed by atoms with van der Waals surface area (Å²) in [7, 11) is 3.97. The smallest absolute Gasteiger partial charge is 0.271 e. The monoisotopic (exact) mass is 438 g/mol. The second-order valence-electron chi connectivity index (χ2n) is 6.81. The predicted octanol–water partition coefficient (Wildman–Crippen LogP) is 4.69. The van der Waals surface area contributed by atoms with Gasteiger partial charge in [-0.2, -0.15) is 5.10 Å². The van der Waals surface area contributed by atoms with Crippen LogP contribution in [0, 0.1) is 13.8 Å². The average molecular weight is 439 g/mol. The summed E-state index contributed by atoms with van der Waals surface area (Å²) in [6.45, 7) is 4.09. The normalized spacial score (nSPS) is 11.0. The molecule has 0 aliphatic heterocycles. The van der Waals surface area contributed by atoms with Gasteiger partial charge in [-0.25, -0.2) is 5.43 Å². The van der Waals surface area contributed by atoms with E-state index in [4.69, 9.17) is 0 Å². The number of benzene rings is 2. The second-order valence-corrected chi connectivity index (χ2v) is 7.66. The van der Waals surface area contributed by atoms with Crippen molar-refractivity contribution in [1.82, 2.24) is 9.99 Å². The van der Waals surface area contributed by atoms with Crippen molar-refractivity contribution in [3.63, 3.8) is 0 Å². The Labute approximate surface area is 173 Å². The first-order valence-electron chi connectivity index (χ1n) is 8.92. The van der Waals surface area contributed by atoms with E-state index in [2.05, 4.69) is 43.2 Å². The number of hydrogen-bond acceptors (Lipinski definition) is 3. The molecule has 0 fully saturated rings. The molecule has 1 N–H and O–H groups in total. The Hall–Kier alpha value is -2.86. The number of aryl methyl sites for hydroxylation is 2. The van der Waals surface area contributed by atoms with Crippen LogP contribution in [-0.2, 0) is 0 Å². The molecule has 5 nitrogen and oxygen atoms in total. The van der Waals surface area contributed by atoms with Gasteiger partial charge in [-0.3, -0.25) is 4.79 Å². The standard InChI is InChI=1S/C22H23BrN4O/c1-15-8-9-16(2)27(15)19-7-5-6-18(13-19)22(28)25-24-14-17-10-11-21(26(3)4)20(23)12-17/h5-14H,1-4H3,(H,25,28). The number of anilines is 1. The maximum Gasteiger partial charge on any atom is 0.271 e. The lowest BCUT2D eigenvalue weighted by Crippen LogP contribution is -2.18. The van der Waals surface area contributed by atoms with Gasteiger partial charge in [0.25, 0.3) is 5.91 Å². The molecule has 0 bridgehead atoms. The van der Waals surface area contributed by atoms with E-state index in [1.165, 1.54) is 0 Å². The molecular weight excluding hydrogens is 416 g/mol. The highest BCUT2D eigenvalue weighted by molar-refractivity contribution is 9.10. The van der Waals surface area contributed by atoms with Crippen molar-refractivity contribution >= 4 is 33.7 Å². The molecule has 3 aromatic rings. The van der Waals surface area contributed by atoms with Crippen LogP contribution < -0.4 is 10.3 Å². The summed E-state index contributed by atoms with van der Waals surface area (Å²) in [5, 5.41) is 4.10. The van der Waals surface area contributed by atoms with Gasteiger partial charge in [0.2, 0.25) is 0 Å². The van der Waals surface area contributed by atoms with Crippen molar-refractivity contribution < 1.29 is 4.79 Å². The number of nitrogens with one attached hydrogen (secondary N) is 1. The summed E-state index contributed by atoms with van der Waals surface area (Å²) in [4.78, 5) is 14.5. The van der Waals surface area contributed by atoms with Crippen LogP contribution in [0.5, 0.6) is 0 Å². The Bertz CT molecular complexity index is 1020. The zero-order valence-corrected chi connectivity index (χ0v) is 18.0. The van der Waals surface area contributed by atoms with Gasteiger partial charge in [-0.1, -0.05) is 12.1 Å². The molecule has 3 rings (SSSR count). The summed E-state index contributed by atoms with van der Waals surface area (Å²) in [5.41, 5.74) is 8.34. The largest absolute Gasteiger partial charge is 0.377 e. The van der Waals surface area contributed by atoms with Crippen LogP contribution in [0.1, 0.15) is 27.3 Å². The van der Waals surface area contributed by atoms with E-state index in [0.717, 1.165) is 32.8 Å². The van der Waals surface area contributed by atoms with E-state index in [-0.39, 0.29) is 5.91 Å². The first kappa shape index (κ1) is 19.9. The van der Waals surface area contributed by atoms with E-state index in [1.807, 2.05) is 69.2 Å². The molecule has 0 atom stereocenters. The number of aromatic nitrogens is 1. The lowest BCUT2D eigenvalue weighted by Gasteiger charge is -2.14. The highest BCUT2D eigenvalue weighted by atomic mass is 79.9. The Balaban J connectivity index is 1.73. The van der Waals surface area contributed by atoms with E-state index < -0.39 is 0 Å². The first-order chi connectivity index (χ1) is 13.4. The number of nitrogens with zero attached hydrogens (tertiary/aromatic N) is 3. The quantitative estimate of drug-likeness (QED) is 0.464. The van der Waals surface area contributed by atoms with E-state index >= 15 is 0 Å². The summed E-state index contributed by atoms with van der Waals surface area (Å²) in [5.74, 6) is -0.246. The van der Waals surface area contributed by atoms with Gasteiger partial charge >= 0.3 is 0 Å². The second kappa shape index (κ2) is 8.44. The number of carbonyl (C=O) groups excluding carboxylic acids is 1. The molecule has 1 aromatic heterocycles. The molecule has 0 saturated heterocycles. The number of halogens is 1. The molecular formula is C22H23BrN4O. The molecule has 1 heterocycles. The predicted molar refractivity (Wildman–Crippen MR) is 119 cm³/mol. The van der Waals surface area contributed by atoms with Gasteiger partial charge in [0.15, 0.2) is 0 Å². The fourth-order valence-electron chi connectivity index (χ4n) is 3.06. The van der Waals surface area contributed by atoms with Crippen molar-refractivity contribution in [3.05, 3.63) is 81.6 Å². The van der Waals surface area contributed by atoms with Crippen LogP contribution in [0.4, 0.5) is 5.69 Å². The average Bonchev–Trinajstić information content (AvgIpc) is 3.00. The third kappa shape index (κ3) is 4.34. The molecule has 1 amide bonds. The van der Waals surface area contributed by atoms with Crippen molar-refractivity contribution in [1.29, 1.82) is 0 Å². The number of hydrogen-bond donors (Lipinski definition) is 1. The molecule has 0 aliphatic rings. The van der Waals surface area contributed by atoms with E-state index in [9.17, 15) is 4.79 Å². The Kier molecular flexibility index (Phi) is 5.99. The highest BCUT2D eigenvalue weighted by Gasteiger charge is 2.09. The summed E-state index contributed by atoms with van der Waals surface area (Å²) < 4.78 is 3.09. The van der Waals surface area contributed by atoms with Crippen molar-refractivity contribution in [2.45, 2.75) is 13.8 Å². The molecule has 0 saturated carbocycles. The van der Waals surface area contributed by atoms with Crippen molar-refractivity contribution in [2.24, 2.45) is 5.10 Å². The molecule has 28 heavy (non-hydrogen) atoms. The maximum absolute atomic E-state index is 12.5.